The second-order valence-corrected chi connectivity index (χ2v) is 6.74. The fourth-order valence-corrected chi connectivity index (χ4v) is 3.19. The zero-order valence-electron chi connectivity index (χ0n) is 10.6. The van der Waals surface area contributed by atoms with Crippen LogP contribution in [0, 0.1) is 0 Å². The topological polar surface area (TPSA) is 38.0 Å². The summed E-state index contributed by atoms with van der Waals surface area (Å²) in [5.41, 5.74) is 7.60. The number of benzene rings is 1. The predicted molar refractivity (Wildman–Crippen MR) is 91.1 cm³/mol. The minimum absolute atomic E-state index is 0.407. The van der Waals surface area contributed by atoms with E-state index in [4.69, 9.17) is 18.0 Å². The fourth-order valence-electron chi connectivity index (χ4n) is 1.76. The van der Waals surface area contributed by atoms with E-state index < -0.39 is 0 Å². The van der Waals surface area contributed by atoms with Crippen molar-refractivity contribution in [1.29, 1.82) is 0 Å². The van der Waals surface area contributed by atoms with E-state index >= 15 is 0 Å². The maximum absolute atomic E-state index is 5.75. The summed E-state index contributed by atoms with van der Waals surface area (Å²) >= 11 is 10.3. The molecule has 1 aromatic heterocycles. The highest BCUT2D eigenvalue weighted by Gasteiger charge is 2.06. The third kappa shape index (κ3) is 3.78. The van der Waals surface area contributed by atoms with Crippen molar-refractivity contribution < 1.29 is 0 Å². The minimum atomic E-state index is 0.407. The van der Waals surface area contributed by atoms with Crippen molar-refractivity contribution in [2.45, 2.75) is 19.9 Å². The molecule has 3 N–H and O–H groups in total. The van der Waals surface area contributed by atoms with Gasteiger partial charge in [0.1, 0.15) is 4.99 Å². The lowest BCUT2D eigenvalue weighted by Crippen LogP contribution is -2.13. The number of nitrogens with two attached hydrogens (primary N) is 1. The molecule has 0 aliphatic carbocycles. The maximum Gasteiger partial charge on any atom is 0.106 e. The largest absolute Gasteiger partial charge is 0.389 e. The molecule has 2 aromatic rings. The first kappa shape index (κ1) is 14.5. The smallest absolute Gasteiger partial charge is 0.106 e. The van der Waals surface area contributed by atoms with E-state index in [1.165, 1.54) is 9.75 Å². The van der Waals surface area contributed by atoms with Crippen LogP contribution in [-0.4, -0.2) is 4.99 Å². The second-order valence-electron chi connectivity index (χ2n) is 4.13. The van der Waals surface area contributed by atoms with Crippen LogP contribution in [0.3, 0.4) is 0 Å². The van der Waals surface area contributed by atoms with Gasteiger partial charge in [-0.2, -0.15) is 0 Å². The van der Waals surface area contributed by atoms with Crippen molar-refractivity contribution in [3.8, 4) is 0 Å². The molecule has 0 radical (unpaired) electrons. The fraction of sp³-hybridized carbons (Fsp3) is 0.214. The lowest BCUT2D eigenvalue weighted by atomic mass is 10.2. The Hall–Kier alpha value is -0.910. The van der Waals surface area contributed by atoms with Crippen LogP contribution in [0.25, 0.3) is 0 Å². The zero-order valence-corrected chi connectivity index (χ0v) is 13.8. The number of aryl methyl sites for hydroxylation is 1. The summed E-state index contributed by atoms with van der Waals surface area (Å²) in [5.74, 6) is 0. The monoisotopic (exact) mass is 354 g/mol. The molecular weight excluding hydrogens is 340 g/mol. The Morgan fingerprint density at radius 2 is 2.05 bits per heavy atom. The number of anilines is 1. The normalized spacial score (nSPS) is 10.4. The molecule has 1 heterocycles. The number of thiocarbonyl (C=S) groups is 1. The Bertz CT molecular complexity index is 593. The Balaban J connectivity index is 2.12. The van der Waals surface area contributed by atoms with Gasteiger partial charge in [-0.3, -0.25) is 0 Å². The van der Waals surface area contributed by atoms with Crippen molar-refractivity contribution in [2.75, 3.05) is 5.32 Å². The summed E-state index contributed by atoms with van der Waals surface area (Å²) in [7, 11) is 0. The lowest BCUT2D eigenvalue weighted by molar-refractivity contribution is 1.19. The molecule has 1 aromatic carbocycles. The average Bonchev–Trinajstić information content (AvgIpc) is 2.85. The molecule has 0 saturated carbocycles. The van der Waals surface area contributed by atoms with Gasteiger partial charge in [0.25, 0.3) is 0 Å². The zero-order chi connectivity index (χ0) is 13.8. The van der Waals surface area contributed by atoms with Gasteiger partial charge in [0.15, 0.2) is 0 Å². The number of hydrogen-bond donors (Lipinski definition) is 2. The Morgan fingerprint density at radius 1 is 1.32 bits per heavy atom. The molecule has 0 aliphatic rings. The molecule has 100 valence electrons. The van der Waals surface area contributed by atoms with Gasteiger partial charge in [-0.1, -0.05) is 35.1 Å². The molecule has 0 saturated heterocycles. The van der Waals surface area contributed by atoms with E-state index in [9.17, 15) is 0 Å². The molecule has 0 fully saturated rings. The van der Waals surface area contributed by atoms with E-state index in [2.05, 4.69) is 40.3 Å². The molecule has 2 nitrogen and oxygen atoms in total. The number of halogens is 1. The summed E-state index contributed by atoms with van der Waals surface area (Å²) < 4.78 is 0.977. The first-order valence-electron chi connectivity index (χ1n) is 6.01. The first-order chi connectivity index (χ1) is 9.10. The summed E-state index contributed by atoms with van der Waals surface area (Å²) in [5, 5.41) is 3.40. The van der Waals surface area contributed by atoms with Crippen LogP contribution in [0.5, 0.6) is 0 Å². The first-order valence-corrected chi connectivity index (χ1v) is 8.02. The Labute approximate surface area is 131 Å². The van der Waals surface area contributed by atoms with Gasteiger partial charge in [-0.25, -0.2) is 0 Å². The minimum Gasteiger partial charge on any atom is -0.389 e. The standard InChI is InChI=1S/C14H15BrN2S2/c1-2-10-4-5-11(19-10)8-17-13-6-3-9(15)7-12(13)14(16)18/h3-7,17H,2,8H2,1H3,(H2,16,18). The van der Waals surface area contributed by atoms with Crippen LogP contribution in [0.1, 0.15) is 22.2 Å². The van der Waals surface area contributed by atoms with E-state index in [0.29, 0.717) is 4.99 Å². The highest BCUT2D eigenvalue weighted by molar-refractivity contribution is 9.10. The number of hydrogen-bond acceptors (Lipinski definition) is 3. The number of nitrogens with one attached hydrogen (secondary N) is 1. The molecular formula is C14H15BrN2S2. The summed E-state index contributed by atoms with van der Waals surface area (Å²) in [4.78, 5) is 3.13. The third-order valence-corrected chi connectivity index (χ3v) is 4.71. The van der Waals surface area contributed by atoms with Gasteiger partial charge in [0.2, 0.25) is 0 Å². The highest BCUT2D eigenvalue weighted by atomic mass is 79.9. The molecule has 0 spiro atoms. The Morgan fingerprint density at radius 3 is 2.68 bits per heavy atom. The molecule has 0 bridgehead atoms. The van der Waals surface area contributed by atoms with E-state index in [1.54, 1.807) is 0 Å². The van der Waals surface area contributed by atoms with Crippen LogP contribution in [-0.2, 0) is 13.0 Å². The average molecular weight is 355 g/mol. The number of thiophene rings is 1. The van der Waals surface area contributed by atoms with Crippen molar-refractivity contribution in [3.05, 3.63) is 50.1 Å². The van der Waals surface area contributed by atoms with E-state index in [-0.39, 0.29) is 0 Å². The van der Waals surface area contributed by atoms with E-state index in [0.717, 1.165) is 28.7 Å². The number of rotatable bonds is 5. The Kier molecular flexibility index (Phi) is 4.96. The molecule has 2 rings (SSSR count). The van der Waals surface area contributed by atoms with Crippen LogP contribution < -0.4 is 11.1 Å². The van der Waals surface area contributed by atoms with Gasteiger partial charge in [-0.15, -0.1) is 11.3 Å². The van der Waals surface area contributed by atoms with Gasteiger partial charge in [0.05, 0.1) is 0 Å². The van der Waals surface area contributed by atoms with Crippen molar-refractivity contribution in [3.63, 3.8) is 0 Å². The predicted octanol–water partition coefficient (Wildman–Crippen LogP) is 4.32. The highest BCUT2D eigenvalue weighted by Crippen LogP contribution is 2.23. The molecule has 0 unspecified atom stereocenters. The lowest BCUT2D eigenvalue weighted by Gasteiger charge is -2.11. The van der Waals surface area contributed by atoms with Crippen molar-refractivity contribution in [2.24, 2.45) is 5.73 Å². The molecule has 0 amide bonds. The van der Waals surface area contributed by atoms with Crippen LogP contribution in [0.2, 0.25) is 0 Å². The summed E-state index contributed by atoms with van der Waals surface area (Å²) in [6, 6.07) is 10.3. The van der Waals surface area contributed by atoms with Crippen LogP contribution in [0.4, 0.5) is 5.69 Å². The molecule has 0 aliphatic heterocycles. The molecule has 19 heavy (non-hydrogen) atoms. The van der Waals surface area contributed by atoms with Crippen LogP contribution >= 0.6 is 39.5 Å². The van der Waals surface area contributed by atoms with Gasteiger partial charge >= 0.3 is 0 Å². The summed E-state index contributed by atoms with van der Waals surface area (Å²) in [6.45, 7) is 2.96. The quantitative estimate of drug-likeness (QED) is 0.785. The van der Waals surface area contributed by atoms with Crippen LogP contribution in [0.15, 0.2) is 34.8 Å². The van der Waals surface area contributed by atoms with Gasteiger partial charge < -0.3 is 11.1 Å². The SMILES string of the molecule is CCc1ccc(CNc2ccc(Br)cc2C(N)=S)s1. The third-order valence-electron chi connectivity index (χ3n) is 2.77. The second kappa shape index (κ2) is 6.50. The molecule has 0 atom stereocenters. The maximum atomic E-state index is 5.75. The van der Waals surface area contributed by atoms with Crippen molar-refractivity contribution in [1.82, 2.24) is 0 Å². The summed E-state index contributed by atoms with van der Waals surface area (Å²) in [6.07, 6.45) is 1.08. The molecule has 5 heteroatoms. The van der Waals surface area contributed by atoms with Gasteiger partial charge in [-0.05, 0) is 36.8 Å². The van der Waals surface area contributed by atoms with Crippen molar-refractivity contribution >= 4 is 50.2 Å². The van der Waals surface area contributed by atoms with E-state index in [1.807, 2.05) is 29.5 Å². The van der Waals surface area contributed by atoms with Gasteiger partial charge in [0, 0.05) is 32.0 Å².